The summed E-state index contributed by atoms with van der Waals surface area (Å²) in [6, 6.07) is 11.7. The van der Waals surface area contributed by atoms with Crippen LogP contribution in [0.15, 0.2) is 72.6 Å². The molecular weight excluding hydrogens is 440 g/mol. The third-order valence-corrected chi connectivity index (χ3v) is 6.33. The summed E-state index contributed by atoms with van der Waals surface area (Å²) >= 11 is 0. The second-order valence-corrected chi connectivity index (χ2v) is 8.85. The molecule has 0 saturated carbocycles. The number of aryl methyl sites for hydroxylation is 1. The van der Waals surface area contributed by atoms with Crippen LogP contribution in [0.5, 0.6) is 0 Å². The Morgan fingerprint density at radius 1 is 1.00 bits per heavy atom. The molecule has 2 N–H and O–H groups in total. The summed E-state index contributed by atoms with van der Waals surface area (Å²) in [6.45, 7) is 0.108. The van der Waals surface area contributed by atoms with Gasteiger partial charge in [0.1, 0.15) is 0 Å². The minimum absolute atomic E-state index is 0.0231. The van der Waals surface area contributed by atoms with E-state index in [-0.39, 0.29) is 37.1 Å². The molecule has 0 bridgehead atoms. The number of aromatic nitrogens is 2. The van der Waals surface area contributed by atoms with E-state index in [0.717, 1.165) is 41.3 Å². The summed E-state index contributed by atoms with van der Waals surface area (Å²) in [5.74, 6) is -0.0165. The van der Waals surface area contributed by atoms with Crippen LogP contribution < -0.4 is 0 Å². The molecule has 6 heteroatoms. The maximum Gasteiger partial charge on any atom is 0.163 e. The molecule has 1 aromatic carbocycles. The Kier molecular flexibility index (Phi) is 8.29. The van der Waals surface area contributed by atoms with Gasteiger partial charge in [0.05, 0.1) is 11.2 Å². The van der Waals surface area contributed by atoms with E-state index in [9.17, 15) is 9.59 Å². The zero-order chi connectivity index (χ0) is 24.6. The van der Waals surface area contributed by atoms with Gasteiger partial charge < -0.3 is 10.2 Å². The Bertz CT molecular complexity index is 1260. The zero-order valence-electron chi connectivity index (χ0n) is 19.7. The van der Waals surface area contributed by atoms with Gasteiger partial charge in [-0.05, 0) is 61.4 Å². The summed E-state index contributed by atoms with van der Waals surface area (Å²) in [4.78, 5) is 34.1. The van der Waals surface area contributed by atoms with E-state index < -0.39 is 0 Å². The van der Waals surface area contributed by atoms with Crippen molar-refractivity contribution in [3.8, 4) is 11.3 Å². The summed E-state index contributed by atoms with van der Waals surface area (Å²) in [5, 5.41) is 18.8. The van der Waals surface area contributed by atoms with Gasteiger partial charge in [0.2, 0.25) is 0 Å². The number of nitrogens with zero attached hydrogens (tertiary/aromatic N) is 2. The fourth-order valence-corrected chi connectivity index (χ4v) is 4.34. The highest BCUT2D eigenvalue weighted by atomic mass is 16.3. The van der Waals surface area contributed by atoms with Crippen LogP contribution in [-0.2, 0) is 11.2 Å². The lowest BCUT2D eigenvalue weighted by atomic mass is 9.89. The van der Waals surface area contributed by atoms with E-state index in [2.05, 4.69) is 4.98 Å². The summed E-state index contributed by atoms with van der Waals surface area (Å²) in [7, 11) is 0. The SMILES string of the molecule is O=C(CCCO)c1cc(-c2ccc(CCC3C=CC(CCCO)=CC3=O)cc2)nc2ccncc12. The first-order chi connectivity index (χ1) is 17.1. The number of fused-ring (bicyclic) bond motifs is 1. The highest BCUT2D eigenvalue weighted by Crippen LogP contribution is 2.27. The predicted molar refractivity (Wildman–Crippen MR) is 136 cm³/mol. The van der Waals surface area contributed by atoms with Crippen molar-refractivity contribution in [2.75, 3.05) is 13.2 Å². The number of ketones is 2. The van der Waals surface area contributed by atoms with Gasteiger partial charge in [-0.1, -0.05) is 36.4 Å². The number of benzene rings is 1. The average Bonchev–Trinajstić information content (AvgIpc) is 2.89. The Labute approximate surface area is 205 Å². The van der Waals surface area contributed by atoms with Crippen LogP contribution in [0.1, 0.15) is 48.0 Å². The molecule has 1 aliphatic carbocycles. The minimum atomic E-state index is -0.115. The molecule has 1 atom stereocenters. The van der Waals surface area contributed by atoms with Crippen LogP contribution >= 0.6 is 0 Å². The molecule has 4 rings (SSSR count). The third kappa shape index (κ3) is 6.15. The highest BCUT2D eigenvalue weighted by molar-refractivity contribution is 6.08. The lowest BCUT2D eigenvalue weighted by molar-refractivity contribution is -0.117. The van der Waals surface area contributed by atoms with Gasteiger partial charge in [-0.3, -0.25) is 14.6 Å². The number of rotatable bonds is 11. The zero-order valence-corrected chi connectivity index (χ0v) is 19.7. The van der Waals surface area contributed by atoms with Gasteiger partial charge in [-0.25, -0.2) is 4.98 Å². The maximum atomic E-state index is 12.8. The monoisotopic (exact) mass is 470 g/mol. The molecule has 0 radical (unpaired) electrons. The van der Waals surface area contributed by atoms with Crippen molar-refractivity contribution >= 4 is 22.5 Å². The molecule has 2 aromatic heterocycles. The van der Waals surface area contributed by atoms with Crippen molar-refractivity contribution in [3.05, 3.63) is 83.7 Å². The number of allylic oxidation sites excluding steroid dienone is 4. The second-order valence-electron chi connectivity index (χ2n) is 8.85. The van der Waals surface area contributed by atoms with Crippen molar-refractivity contribution in [1.82, 2.24) is 9.97 Å². The third-order valence-electron chi connectivity index (χ3n) is 6.33. The van der Waals surface area contributed by atoms with Gasteiger partial charge in [-0.15, -0.1) is 0 Å². The molecule has 1 aliphatic rings. The van der Waals surface area contributed by atoms with E-state index in [4.69, 9.17) is 15.2 Å². The van der Waals surface area contributed by atoms with Crippen molar-refractivity contribution < 1.29 is 19.8 Å². The first kappa shape index (κ1) is 24.6. The lowest BCUT2D eigenvalue weighted by Gasteiger charge is -2.15. The van der Waals surface area contributed by atoms with Crippen molar-refractivity contribution in [2.24, 2.45) is 5.92 Å². The Morgan fingerprint density at radius 2 is 1.80 bits per heavy atom. The van der Waals surface area contributed by atoms with Crippen LogP contribution in [0.4, 0.5) is 0 Å². The lowest BCUT2D eigenvalue weighted by Crippen LogP contribution is -2.14. The quantitative estimate of drug-likeness (QED) is 0.396. The number of Topliss-reactive ketones (excluding diaryl/α,β-unsaturated/α-hetero) is 1. The number of aliphatic hydroxyl groups excluding tert-OH is 2. The van der Waals surface area contributed by atoms with Crippen LogP contribution in [0.25, 0.3) is 22.2 Å². The Hall–Kier alpha value is -3.48. The Balaban J connectivity index is 1.47. The molecule has 0 fully saturated rings. The van der Waals surface area contributed by atoms with Gasteiger partial charge in [0.25, 0.3) is 0 Å². The van der Waals surface area contributed by atoms with E-state index in [1.54, 1.807) is 24.5 Å². The normalized spacial score (nSPS) is 15.4. The van der Waals surface area contributed by atoms with Crippen LogP contribution in [0.2, 0.25) is 0 Å². The number of carbonyl (C=O) groups is 2. The molecule has 1 unspecified atom stereocenters. The largest absolute Gasteiger partial charge is 0.396 e. The molecule has 6 nitrogen and oxygen atoms in total. The number of aliphatic hydroxyl groups is 2. The minimum Gasteiger partial charge on any atom is -0.396 e. The maximum absolute atomic E-state index is 12.8. The van der Waals surface area contributed by atoms with Gasteiger partial charge >= 0.3 is 0 Å². The van der Waals surface area contributed by atoms with E-state index in [0.29, 0.717) is 29.6 Å². The summed E-state index contributed by atoms with van der Waals surface area (Å²) in [5.41, 5.74) is 5.03. The fourth-order valence-electron chi connectivity index (χ4n) is 4.34. The highest BCUT2D eigenvalue weighted by Gasteiger charge is 2.18. The molecule has 0 amide bonds. The summed E-state index contributed by atoms with van der Waals surface area (Å²) in [6.07, 6.45) is 12.6. The van der Waals surface area contributed by atoms with Crippen molar-refractivity contribution in [2.45, 2.75) is 38.5 Å². The topological polar surface area (TPSA) is 100 Å². The Morgan fingerprint density at radius 3 is 2.54 bits per heavy atom. The molecule has 35 heavy (non-hydrogen) atoms. The van der Waals surface area contributed by atoms with Crippen molar-refractivity contribution in [3.63, 3.8) is 0 Å². The first-order valence-electron chi connectivity index (χ1n) is 12.1. The smallest absolute Gasteiger partial charge is 0.163 e. The molecule has 3 aromatic rings. The standard InChI is InChI=1S/C29H30N2O4/c32-15-1-3-21-8-12-23(29(35)17-21)11-7-20-5-9-22(10-6-20)27-18-24(28(34)4-2-16-33)25-19-30-14-13-26(25)31-27/h5-6,8-10,12-14,17-19,23,32-33H,1-4,7,11,15-16H2. The van der Waals surface area contributed by atoms with Crippen LogP contribution in [0, 0.1) is 5.92 Å². The first-order valence-corrected chi connectivity index (χ1v) is 12.1. The number of hydrogen-bond acceptors (Lipinski definition) is 6. The van der Waals surface area contributed by atoms with E-state index >= 15 is 0 Å². The van der Waals surface area contributed by atoms with E-state index in [1.807, 2.05) is 42.5 Å². The molecule has 180 valence electrons. The second kappa shape index (κ2) is 11.8. The molecule has 2 heterocycles. The number of pyridine rings is 2. The van der Waals surface area contributed by atoms with Gasteiger partial charge in [-0.2, -0.15) is 0 Å². The van der Waals surface area contributed by atoms with Crippen molar-refractivity contribution in [1.29, 1.82) is 0 Å². The molecule has 0 spiro atoms. The van der Waals surface area contributed by atoms with Gasteiger partial charge in [0.15, 0.2) is 11.6 Å². The van der Waals surface area contributed by atoms with Crippen LogP contribution in [-0.4, -0.2) is 45.0 Å². The van der Waals surface area contributed by atoms with E-state index in [1.165, 1.54) is 0 Å². The molecular formula is C29H30N2O4. The molecule has 0 aliphatic heterocycles. The number of hydrogen-bond donors (Lipinski definition) is 2. The summed E-state index contributed by atoms with van der Waals surface area (Å²) < 4.78 is 0. The average molecular weight is 471 g/mol. The van der Waals surface area contributed by atoms with Crippen LogP contribution in [0.3, 0.4) is 0 Å². The fraction of sp³-hybridized carbons (Fsp3) is 0.310. The van der Waals surface area contributed by atoms with Gasteiger partial charge in [0, 0.05) is 54.5 Å². The predicted octanol–water partition coefficient (Wildman–Crippen LogP) is 4.64. The number of carbonyl (C=O) groups excluding carboxylic acids is 2. The molecule has 0 saturated heterocycles.